The zero-order chi connectivity index (χ0) is 18.7. The third kappa shape index (κ3) is 4.31. The number of nitrogens with zero attached hydrogens (tertiary/aromatic N) is 5. The van der Waals surface area contributed by atoms with Crippen molar-refractivity contribution in [2.45, 2.75) is 25.0 Å². The van der Waals surface area contributed by atoms with Gasteiger partial charge < -0.3 is 19.5 Å². The van der Waals surface area contributed by atoms with Gasteiger partial charge in [0.05, 0.1) is 19.8 Å². The number of carbonyl (C=O) groups is 1. The first kappa shape index (κ1) is 18.4. The van der Waals surface area contributed by atoms with Crippen LogP contribution in [0.2, 0.25) is 0 Å². The van der Waals surface area contributed by atoms with Crippen molar-refractivity contribution in [3.63, 3.8) is 0 Å². The van der Waals surface area contributed by atoms with Gasteiger partial charge in [-0.05, 0) is 0 Å². The van der Waals surface area contributed by atoms with Gasteiger partial charge in [0.2, 0.25) is 0 Å². The number of aromatic nitrogens is 2. The lowest BCUT2D eigenvalue weighted by Crippen LogP contribution is -2.43. The fraction of sp³-hybridized carbons (Fsp3) is 0.722. The van der Waals surface area contributed by atoms with Gasteiger partial charge in [0.1, 0.15) is 11.5 Å². The molecular formula is C18H28N6O3. The zero-order valence-electron chi connectivity index (χ0n) is 15.9. The molecule has 1 unspecified atom stereocenters. The Morgan fingerprint density at radius 2 is 2.15 bits per heavy atom. The SMILES string of the molecule is Cn1ccnc1CN1CCC2(CC(C(=O)NCCN3CCOCC3)=NO2)C1. The Morgan fingerprint density at radius 1 is 1.30 bits per heavy atom. The third-order valence-electron chi connectivity index (χ3n) is 5.60. The normalized spacial score (nSPS) is 26.3. The zero-order valence-corrected chi connectivity index (χ0v) is 15.9. The predicted octanol–water partition coefficient (Wildman–Crippen LogP) is -0.411. The monoisotopic (exact) mass is 376 g/mol. The maximum atomic E-state index is 12.4. The van der Waals surface area contributed by atoms with Crippen molar-refractivity contribution in [3.8, 4) is 0 Å². The lowest BCUT2D eigenvalue weighted by atomic mass is 9.96. The second kappa shape index (κ2) is 7.95. The molecule has 9 heteroatoms. The Morgan fingerprint density at radius 3 is 2.93 bits per heavy atom. The number of amides is 1. The van der Waals surface area contributed by atoms with Crippen LogP contribution in [0.3, 0.4) is 0 Å². The van der Waals surface area contributed by atoms with E-state index >= 15 is 0 Å². The highest BCUT2D eigenvalue weighted by atomic mass is 16.7. The Hall–Kier alpha value is -1.97. The minimum Gasteiger partial charge on any atom is -0.387 e. The molecule has 1 atom stereocenters. The lowest BCUT2D eigenvalue weighted by Gasteiger charge is -2.26. The van der Waals surface area contributed by atoms with Crippen LogP contribution in [0.4, 0.5) is 0 Å². The molecule has 3 aliphatic rings. The molecule has 1 aromatic rings. The van der Waals surface area contributed by atoms with Gasteiger partial charge in [0.15, 0.2) is 5.60 Å². The second-order valence-corrected chi connectivity index (χ2v) is 7.61. The van der Waals surface area contributed by atoms with E-state index in [1.807, 2.05) is 24.0 Å². The summed E-state index contributed by atoms with van der Waals surface area (Å²) >= 11 is 0. The Labute approximate surface area is 159 Å². The molecule has 2 fully saturated rings. The molecule has 1 N–H and O–H groups in total. The van der Waals surface area contributed by atoms with Crippen LogP contribution in [0, 0.1) is 0 Å². The van der Waals surface area contributed by atoms with E-state index in [0.29, 0.717) is 18.7 Å². The fourth-order valence-electron chi connectivity index (χ4n) is 3.93. The third-order valence-corrected chi connectivity index (χ3v) is 5.60. The van der Waals surface area contributed by atoms with Crippen LogP contribution in [0.5, 0.6) is 0 Å². The summed E-state index contributed by atoms with van der Waals surface area (Å²) in [5.41, 5.74) is 0.151. The van der Waals surface area contributed by atoms with Crippen LogP contribution >= 0.6 is 0 Å². The van der Waals surface area contributed by atoms with Crippen molar-refractivity contribution in [2.75, 3.05) is 52.5 Å². The van der Waals surface area contributed by atoms with Crippen molar-refractivity contribution in [3.05, 3.63) is 18.2 Å². The molecule has 1 amide bonds. The molecule has 9 nitrogen and oxygen atoms in total. The molecule has 0 saturated carbocycles. The number of morpholine rings is 1. The highest BCUT2D eigenvalue weighted by Crippen LogP contribution is 2.34. The highest BCUT2D eigenvalue weighted by Gasteiger charge is 2.46. The number of carbonyl (C=O) groups excluding carboxylic acids is 1. The molecule has 0 radical (unpaired) electrons. The summed E-state index contributed by atoms with van der Waals surface area (Å²) in [7, 11) is 2.00. The number of aryl methyl sites for hydroxylation is 1. The van der Waals surface area contributed by atoms with E-state index in [9.17, 15) is 4.79 Å². The summed E-state index contributed by atoms with van der Waals surface area (Å²) < 4.78 is 7.37. The van der Waals surface area contributed by atoms with E-state index in [0.717, 1.165) is 64.7 Å². The van der Waals surface area contributed by atoms with Crippen molar-refractivity contribution < 1.29 is 14.4 Å². The predicted molar refractivity (Wildman–Crippen MR) is 99.2 cm³/mol. The van der Waals surface area contributed by atoms with Crippen LogP contribution in [0.15, 0.2) is 17.5 Å². The summed E-state index contributed by atoms with van der Waals surface area (Å²) in [5, 5.41) is 7.08. The van der Waals surface area contributed by atoms with Crippen LogP contribution in [0.25, 0.3) is 0 Å². The molecular weight excluding hydrogens is 348 g/mol. The number of rotatable bonds is 6. The number of hydrogen-bond donors (Lipinski definition) is 1. The summed E-state index contributed by atoms with van der Waals surface area (Å²) in [6.07, 6.45) is 5.23. The number of imidazole rings is 1. The number of ether oxygens (including phenoxy) is 1. The first-order valence-corrected chi connectivity index (χ1v) is 9.65. The van der Waals surface area contributed by atoms with Gasteiger partial charge in [0.25, 0.3) is 5.91 Å². The van der Waals surface area contributed by atoms with Gasteiger partial charge in [-0.2, -0.15) is 0 Å². The van der Waals surface area contributed by atoms with Crippen molar-refractivity contribution in [1.29, 1.82) is 0 Å². The van der Waals surface area contributed by atoms with Gasteiger partial charge in [-0.15, -0.1) is 0 Å². The number of hydrogen-bond acceptors (Lipinski definition) is 7. The quantitative estimate of drug-likeness (QED) is 0.727. The van der Waals surface area contributed by atoms with Gasteiger partial charge in [-0.25, -0.2) is 4.98 Å². The smallest absolute Gasteiger partial charge is 0.269 e. The number of nitrogens with one attached hydrogen (secondary N) is 1. The molecule has 4 rings (SSSR count). The first-order chi connectivity index (χ1) is 13.1. The minimum atomic E-state index is -0.359. The van der Waals surface area contributed by atoms with Gasteiger partial charge >= 0.3 is 0 Å². The maximum absolute atomic E-state index is 12.4. The van der Waals surface area contributed by atoms with Crippen molar-refractivity contribution >= 4 is 11.6 Å². The maximum Gasteiger partial charge on any atom is 0.269 e. The van der Waals surface area contributed by atoms with Gasteiger partial charge in [-0.3, -0.25) is 14.6 Å². The lowest BCUT2D eigenvalue weighted by molar-refractivity contribution is -0.115. The van der Waals surface area contributed by atoms with Gasteiger partial charge in [0, 0.05) is 71.6 Å². The molecule has 1 spiro atoms. The summed E-state index contributed by atoms with van der Waals surface area (Å²) in [6, 6.07) is 0. The largest absolute Gasteiger partial charge is 0.387 e. The summed E-state index contributed by atoms with van der Waals surface area (Å²) in [5.74, 6) is 0.926. The van der Waals surface area contributed by atoms with Crippen LogP contribution in [0.1, 0.15) is 18.7 Å². The molecule has 27 heavy (non-hydrogen) atoms. The average Bonchev–Trinajstić information content (AvgIpc) is 3.39. The molecule has 0 aromatic carbocycles. The topological polar surface area (TPSA) is 84.2 Å². The molecule has 2 saturated heterocycles. The molecule has 4 heterocycles. The van der Waals surface area contributed by atoms with Crippen molar-refractivity contribution in [1.82, 2.24) is 24.7 Å². The Kier molecular flexibility index (Phi) is 5.42. The van der Waals surface area contributed by atoms with E-state index in [1.54, 1.807) is 0 Å². The van der Waals surface area contributed by atoms with Crippen LogP contribution in [-0.4, -0.2) is 89.1 Å². The number of oxime groups is 1. The van der Waals surface area contributed by atoms with E-state index in [1.165, 1.54) is 0 Å². The van der Waals surface area contributed by atoms with E-state index in [4.69, 9.17) is 9.57 Å². The van der Waals surface area contributed by atoms with Crippen molar-refractivity contribution in [2.24, 2.45) is 12.2 Å². The highest BCUT2D eigenvalue weighted by molar-refractivity contribution is 6.39. The molecule has 1 aromatic heterocycles. The van der Waals surface area contributed by atoms with E-state index in [2.05, 4.69) is 25.3 Å². The van der Waals surface area contributed by atoms with Gasteiger partial charge in [-0.1, -0.05) is 5.16 Å². The first-order valence-electron chi connectivity index (χ1n) is 9.65. The molecule has 148 valence electrons. The average molecular weight is 376 g/mol. The summed E-state index contributed by atoms with van der Waals surface area (Å²) in [6.45, 7) is 7.33. The number of likely N-dealkylation sites (tertiary alicyclic amines) is 1. The minimum absolute atomic E-state index is 0.109. The summed E-state index contributed by atoms with van der Waals surface area (Å²) in [4.78, 5) is 27.2. The molecule has 0 aliphatic carbocycles. The van der Waals surface area contributed by atoms with Crippen LogP contribution < -0.4 is 5.32 Å². The van der Waals surface area contributed by atoms with E-state index < -0.39 is 0 Å². The van der Waals surface area contributed by atoms with E-state index in [-0.39, 0.29) is 11.5 Å². The van der Waals surface area contributed by atoms with Crippen LogP contribution in [-0.2, 0) is 28.0 Å². The fourth-order valence-corrected chi connectivity index (χ4v) is 3.93. The Bertz CT molecular complexity index is 699. The second-order valence-electron chi connectivity index (χ2n) is 7.61. The molecule has 3 aliphatic heterocycles. The molecule has 0 bridgehead atoms. The standard InChI is InChI=1S/C18H28N6O3/c1-22-6-3-19-16(22)13-24-5-2-18(14-24)12-15(21-27-18)17(25)20-4-7-23-8-10-26-11-9-23/h3,6H,2,4-5,7-14H2,1H3,(H,20,25). The Balaban J connectivity index is 1.22.